The quantitative estimate of drug-likeness (QED) is 0.371. The minimum Gasteiger partial charge on any atom is -0.398 e. The van der Waals surface area contributed by atoms with Crippen LogP contribution in [-0.2, 0) is 13.0 Å². The molecule has 1 aromatic heterocycles. The summed E-state index contributed by atoms with van der Waals surface area (Å²) in [5.41, 5.74) is 9.40. The third kappa shape index (κ3) is 4.16. The molecule has 4 rings (SSSR count). The van der Waals surface area contributed by atoms with Gasteiger partial charge < -0.3 is 10.3 Å². The van der Waals surface area contributed by atoms with E-state index < -0.39 is 0 Å². The summed E-state index contributed by atoms with van der Waals surface area (Å²) in [6.45, 7) is 4.24. The number of nitrogen functional groups attached to an aromatic ring is 1. The first-order valence-electron chi connectivity index (χ1n) is 9.60. The number of benzene rings is 3. The number of fused-ring (bicyclic) bond motifs is 1. The van der Waals surface area contributed by atoms with Crippen molar-refractivity contribution in [3.8, 4) is 0 Å². The van der Waals surface area contributed by atoms with E-state index in [-0.39, 0.29) is 5.56 Å². The van der Waals surface area contributed by atoms with Crippen LogP contribution in [0.5, 0.6) is 0 Å². The van der Waals surface area contributed by atoms with Gasteiger partial charge in [-0.05, 0) is 48.0 Å². The van der Waals surface area contributed by atoms with Gasteiger partial charge in [-0.3, -0.25) is 4.79 Å². The summed E-state index contributed by atoms with van der Waals surface area (Å²) in [4.78, 5) is 15.4. The lowest BCUT2D eigenvalue weighted by Crippen LogP contribution is -2.25. The lowest BCUT2D eigenvalue weighted by Gasteiger charge is -2.15. The molecule has 0 aliphatic heterocycles. The Morgan fingerprint density at radius 1 is 0.967 bits per heavy atom. The van der Waals surface area contributed by atoms with Crippen molar-refractivity contribution in [3.63, 3.8) is 0 Å². The van der Waals surface area contributed by atoms with Crippen LogP contribution in [0.25, 0.3) is 10.9 Å². The van der Waals surface area contributed by atoms with E-state index in [1.165, 1.54) is 0 Å². The maximum Gasteiger partial charge on any atom is 0.256 e. The Hall–Kier alpha value is -2.95. The Morgan fingerprint density at radius 3 is 2.27 bits per heavy atom. The van der Waals surface area contributed by atoms with Crippen molar-refractivity contribution in [1.29, 1.82) is 0 Å². The molecule has 3 nitrogen and oxygen atoms in total. The number of pyridine rings is 1. The largest absolute Gasteiger partial charge is 0.398 e. The Bertz CT molecular complexity index is 1260. The van der Waals surface area contributed by atoms with E-state index in [9.17, 15) is 4.79 Å². The molecule has 0 atom stereocenters. The number of anilines is 1. The highest BCUT2D eigenvalue weighted by Crippen LogP contribution is 2.29. The van der Waals surface area contributed by atoms with Gasteiger partial charge in [-0.25, -0.2) is 0 Å². The maximum absolute atomic E-state index is 13.2. The van der Waals surface area contributed by atoms with E-state index in [0.717, 1.165) is 31.3 Å². The van der Waals surface area contributed by atoms with E-state index in [0.29, 0.717) is 24.2 Å². The van der Waals surface area contributed by atoms with E-state index in [2.05, 4.69) is 18.7 Å². The second-order valence-electron chi connectivity index (χ2n) is 6.99. The second kappa shape index (κ2) is 8.82. The number of hydrogen-bond acceptors (Lipinski definition) is 3. The molecule has 0 radical (unpaired) electrons. The molecule has 0 saturated heterocycles. The third-order valence-corrected chi connectivity index (χ3v) is 6.25. The van der Waals surface area contributed by atoms with Gasteiger partial charge in [-0.2, -0.15) is 0 Å². The van der Waals surface area contributed by atoms with Crippen LogP contribution in [0.15, 0.2) is 100 Å². The number of nitrogens with zero attached hydrogens (tertiary/aromatic N) is 1. The molecule has 0 aliphatic carbocycles. The zero-order valence-electron chi connectivity index (χ0n) is 16.3. The molecule has 150 valence electrons. The van der Waals surface area contributed by atoms with Crippen molar-refractivity contribution >= 4 is 40.0 Å². The molecular formula is C25H21ClN2OS. The lowest BCUT2D eigenvalue weighted by molar-refractivity contribution is 0.805. The molecule has 0 fully saturated rings. The number of para-hydroxylation sites is 1. The minimum absolute atomic E-state index is 0.0642. The van der Waals surface area contributed by atoms with Crippen molar-refractivity contribution in [2.45, 2.75) is 22.8 Å². The van der Waals surface area contributed by atoms with Crippen LogP contribution < -0.4 is 11.3 Å². The van der Waals surface area contributed by atoms with Gasteiger partial charge in [-0.1, -0.05) is 59.8 Å². The van der Waals surface area contributed by atoms with Crippen molar-refractivity contribution in [3.05, 3.63) is 112 Å². The number of rotatable bonds is 6. The zero-order valence-corrected chi connectivity index (χ0v) is 17.9. The minimum atomic E-state index is -0.0642. The fourth-order valence-corrected chi connectivity index (χ4v) is 4.43. The summed E-state index contributed by atoms with van der Waals surface area (Å²) in [5, 5.41) is 1.62. The van der Waals surface area contributed by atoms with Gasteiger partial charge in [0.1, 0.15) is 0 Å². The number of allylic oxidation sites excluding steroid dienone is 1. The second-order valence-corrected chi connectivity index (χ2v) is 8.57. The molecule has 0 saturated carbocycles. The number of hydrogen-bond donors (Lipinski definition) is 1. The van der Waals surface area contributed by atoms with Gasteiger partial charge in [0, 0.05) is 44.4 Å². The lowest BCUT2D eigenvalue weighted by atomic mass is 10.0. The highest BCUT2D eigenvalue weighted by Gasteiger charge is 2.14. The number of nitrogens with two attached hydrogens (primary N) is 1. The molecule has 30 heavy (non-hydrogen) atoms. The SMILES string of the molecule is C=CCn1c(=O)c(Cc2ccc(Sc3ccc(Cl)cc3)cc2)c(N)c2ccccc21. The maximum atomic E-state index is 13.2. The summed E-state index contributed by atoms with van der Waals surface area (Å²) in [6.07, 6.45) is 2.22. The van der Waals surface area contributed by atoms with Gasteiger partial charge in [0.2, 0.25) is 0 Å². The Labute approximate surface area is 184 Å². The van der Waals surface area contributed by atoms with E-state index in [4.69, 9.17) is 17.3 Å². The van der Waals surface area contributed by atoms with Crippen LogP contribution in [-0.4, -0.2) is 4.57 Å². The fraction of sp³-hybridized carbons (Fsp3) is 0.0800. The van der Waals surface area contributed by atoms with E-state index in [1.807, 2.05) is 60.7 Å². The van der Waals surface area contributed by atoms with Crippen LogP contribution in [0.4, 0.5) is 5.69 Å². The Morgan fingerprint density at radius 2 is 1.60 bits per heavy atom. The molecule has 2 N–H and O–H groups in total. The fourth-order valence-electron chi connectivity index (χ4n) is 3.49. The Balaban J connectivity index is 1.64. The zero-order chi connectivity index (χ0) is 21.1. The van der Waals surface area contributed by atoms with Crippen LogP contribution in [0, 0.1) is 0 Å². The van der Waals surface area contributed by atoms with Gasteiger partial charge in [-0.15, -0.1) is 6.58 Å². The molecule has 0 spiro atoms. The summed E-state index contributed by atoms with van der Waals surface area (Å²) in [5.74, 6) is 0. The molecule has 5 heteroatoms. The molecule has 1 heterocycles. The first-order valence-corrected chi connectivity index (χ1v) is 10.8. The van der Waals surface area contributed by atoms with Crippen LogP contribution in [0.3, 0.4) is 0 Å². The summed E-state index contributed by atoms with van der Waals surface area (Å²) < 4.78 is 1.73. The molecule has 0 bridgehead atoms. The number of halogens is 1. The first-order chi connectivity index (χ1) is 14.6. The van der Waals surface area contributed by atoms with Gasteiger partial charge in [0.25, 0.3) is 5.56 Å². The molecule has 3 aromatic carbocycles. The monoisotopic (exact) mass is 432 g/mol. The molecule has 0 amide bonds. The molecular weight excluding hydrogens is 412 g/mol. The highest BCUT2D eigenvalue weighted by molar-refractivity contribution is 7.99. The third-order valence-electron chi connectivity index (χ3n) is 4.98. The normalized spacial score (nSPS) is 11.0. The van der Waals surface area contributed by atoms with Crippen molar-refractivity contribution in [1.82, 2.24) is 4.57 Å². The summed E-state index contributed by atoms with van der Waals surface area (Å²) in [7, 11) is 0. The summed E-state index contributed by atoms with van der Waals surface area (Å²) >= 11 is 7.62. The highest BCUT2D eigenvalue weighted by atomic mass is 35.5. The van der Waals surface area contributed by atoms with Crippen LogP contribution in [0.2, 0.25) is 5.02 Å². The van der Waals surface area contributed by atoms with Crippen molar-refractivity contribution in [2.24, 2.45) is 0 Å². The van der Waals surface area contributed by atoms with Crippen LogP contribution >= 0.6 is 23.4 Å². The topological polar surface area (TPSA) is 48.0 Å². The average Bonchev–Trinajstić information content (AvgIpc) is 2.77. The van der Waals surface area contributed by atoms with Gasteiger partial charge >= 0.3 is 0 Å². The first kappa shape index (κ1) is 20.3. The van der Waals surface area contributed by atoms with Crippen LogP contribution in [0.1, 0.15) is 11.1 Å². The summed E-state index contributed by atoms with van der Waals surface area (Å²) in [6, 6.07) is 23.7. The smallest absolute Gasteiger partial charge is 0.256 e. The predicted molar refractivity (Wildman–Crippen MR) is 128 cm³/mol. The van der Waals surface area contributed by atoms with Crippen molar-refractivity contribution in [2.75, 3.05) is 5.73 Å². The molecule has 4 aromatic rings. The van der Waals surface area contributed by atoms with E-state index >= 15 is 0 Å². The molecule has 0 aliphatic rings. The Kier molecular flexibility index (Phi) is 5.98. The van der Waals surface area contributed by atoms with Crippen molar-refractivity contribution < 1.29 is 0 Å². The standard InChI is InChI=1S/C25H21ClN2OS/c1-2-15-28-23-6-4-3-5-21(23)24(27)22(25(28)29)16-17-7-11-19(12-8-17)30-20-13-9-18(26)10-14-20/h2-14H,1,15-16,27H2. The van der Waals surface area contributed by atoms with Gasteiger partial charge in [0.05, 0.1) is 5.52 Å². The molecule has 0 unspecified atom stereocenters. The van der Waals surface area contributed by atoms with E-state index in [1.54, 1.807) is 22.4 Å². The predicted octanol–water partition coefficient (Wildman–Crippen LogP) is 6.17. The average molecular weight is 433 g/mol. The van der Waals surface area contributed by atoms with Gasteiger partial charge in [0.15, 0.2) is 0 Å². The number of aromatic nitrogens is 1.